The zero-order valence-electron chi connectivity index (χ0n) is 13.1. The van der Waals surface area contributed by atoms with Gasteiger partial charge in [0.25, 0.3) is 0 Å². The predicted octanol–water partition coefficient (Wildman–Crippen LogP) is 3.24. The molecular weight excluding hydrogens is 227 g/mol. The number of hydrogen-bond donors (Lipinski definition) is 0. The Morgan fingerprint density at radius 2 is 1.79 bits per heavy atom. The molecule has 0 amide bonds. The lowest BCUT2D eigenvalue weighted by molar-refractivity contribution is 0.109. The van der Waals surface area contributed by atoms with E-state index in [9.17, 15) is 0 Å². The van der Waals surface area contributed by atoms with Crippen LogP contribution in [-0.4, -0.2) is 47.1 Å². The van der Waals surface area contributed by atoms with E-state index >= 15 is 0 Å². The van der Waals surface area contributed by atoms with E-state index in [1.807, 2.05) is 0 Å². The first-order valence-electron chi connectivity index (χ1n) is 7.94. The van der Waals surface area contributed by atoms with E-state index in [1.165, 1.54) is 44.9 Å². The van der Waals surface area contributed by atoms with E-state index in [1.54, 1.807) is 0 Å². The highest BCUT2D eigenvalue weighted by molar-refractivity contribution is 6.44. The monoisotopic (exact) mass is 255 g/mol. The molecule has 0 bridgehead atoms. The average molecular weight is 255 g/mol. The molecular formula is C15H28B3N. The fraction of sp³-hybridized carbons (Fsp3) is 1.00. The number of unbranched alkanes of at least 4 members (excludes halogenated alkanes) is 3. The van der Waals surface area contributed by atoms with Crippen molar-refractivity contribution in [2.75, 3.05) is 13.1 Å². The lowest BCUT2D eigenvalue weighted by Crippen LogP contribution is -2.45. The Labute approximate surface area is 124 Å². The van der Waals surface area contributed by atoms with Gasteiger partial charge < -0.3 is 0 Å². The maximum atomic E-state index is 6.09. The summed E-state index contributed by atoms with van der Waals surface area (Å²) in [6.45, 7) is 8.41. The van der Waals surface area contributed by atoms with Crippen molar-refractivity contribution < 1.29 is 0 Å². The summed E-state index contributed by atoms with van der Waals surface area (Å²) in [5.74, 6) is -0.112. The molecule has 4 heteroatoms. The Morgan fingerprint density at radius 1 is 1.11 bits per heavy atom. The molecule has 0 N–H and O–H groups in total. The van der Waals surface area contributed by atoms with E-state index < -0.39 is 5.21 Å². The molecule has 2 unspecified atom stereocenters. The Kier molecular flexibility index (Phi) is 6.56. The molecule has 1 fully saturated rings. The van der Waals surface area contributed by atoms with Crippen molar-refractivity contribution in [1.29, 1.82) is 0 Å². The van der Waals surface area contributed by atoms with Crippen LogP contribution in [0.25, 0.3) is 0 Å². The molecule has 1 saturated heterocycles. The molecule has 6 radical (unpaired) electrons. The first-order valence-corrected chi connectivity index (χ1v) is 7.94. The summed E-state index contributed by atoms with van der Waals surface area (Å²) < 4.78 is 0. The summed E-state index contributed by atoms with van der Waals surface area (Å²) in [5.41, 5.74) is 0.209. The highest BCUT2D eigenvalue weighted by Crippen LogP contribution is 2.44. The van der Waals surface area contributed by atoms with Crippen molar-refractivity contribution in [3.8, 4) is 0 Å². The van der Waals surface area contributed by atoms with Crippen LogP contribution < -0.4 is 0 Å². The minimum Gasteiger partial charge on any atom is -0.299 e. The van der Waals surface area contributed by atoms with Crippen molar-refractivity contribution in [3.05, 3.63) is 0 Å². The van der Waals surface area contributed by atoms with Crippen LogP contribution in [0.2, 0.25) is 11.0 Å². The van der Waals surface area contributed by atoms with Gasteiger partial charge in [0.2, 0.25) is 0 Å². The Bertz CT molecular complexity index is 270. The molecule has 1 nitrogen and oxygen atoms in total. The molecule has 2 atom stereocenters. The van der Waals surface area contributed by atoms with Gasteiger partial charge in [-0.2, -0.15) is 0 Å². The first-order chi connectivity index (χ1) is 8.85. The van der Waals surface area contributed by atoms with Crippen LogP contribution in [0.4, 0.5) is 0 Å². The zero-order valence-corrected chi connectivity index (χ0v) is 13.1. The van der Waals surface area contributed by atoms with Crippen molar-refractivity contribution in [3.63, 3.8) is 0 Å². The summed E-state index contributed by atoms with van der Waals surface area (Å²) in [5, 5.41) is -0.724. The van der Waals surface area contributed by atoms with Crippen LogP contribution in [0.3, 0.4) is 0 Å². The van der Waals surface area contributed by atoms with Gasteiger partial charge in [-0.1, -0.05) is 57.0 Å². The van der Waals surface area contributed by atoms with Gasteiger partial charge in [0.1, 0.15) is 0 Å². The van der Waals surface area contributed by atoms with Crippen LogP contribution in [0.5, 0.6) is 0 Å². The Balaban J connectivity index is 2.60. The molecule has 0 spiro atoms. The van der Waals surface area contributed by atoms with Gasteiger partial charge in [-0.25, -0.2) is 0 Å². The smallest absolute Gasteiger partial charge is 0.0705 e. The second kappa shape index (κ2) is 7.25. The molecule has 0 aromatic rings. The van der Waals surface area contributed by atoms with Gasteiger partial charge in [-0.15, -0.1) is 0 Å². The third kappa shape index (κ3) is 4.58. The minimum absolute atomic E-state index is 0.112. The van der Waals surface area contributed by atoms with Crippen LogP contribution in [0.1, 0.15) is 65.7 Å². The van der Waals surface area contributed by atoms with Crippen molar-refractivity contribution in [1.82, 2.24) is 4.90 Å². The summed E-state index contributed by atoms with van der Waals surface area (Å²) in [6.07, 6.45) is 8.85. The lowest BCUT2D eigenvalue weighted by atomic mass is 9.45. The number of likely N-dealkylation sites (tertiary alicyclic amines) is 1. The largest absolute Gasteiger partial charge is 0.299 e. The highest BCUT2D eigenvalue weighted by atomic mass is 15.2. The van der Waals surface area contributed by atoms with Crippen LogP contribution in [0, 0.1) is 0 Å². The Morgan fingerprint density at radius 3 is 2.26 bits per heavy atom. The van der Waals surface area contributed by atoms with E-state index in [2.05, 4.69) is 25.7 Å². The van der Waals surface area contributed by atoms with Crippen molar-refractivity contribution in [2.45, 2.75) is 82.3 Å². The fourth-order valence-corrected chi connectivity index (χ4v) is 3.24. The van der Waals surface area contributed by atoms with Gasteiger partial charge in [0.15, 0.2) is 0 Å². The SMILES string of the molecule is [B]C1CN(C(C)(CCC)CCCCCC)CC1([B])[B]. The molecule has 0 aromatic carbocycles. The average Bonchev–Trinajstić information content (AvgIpc) is 2.61. The van der Waals surface area contributed by atoms with Gasteiger partial charge in [-0.3, -0.25) is 4.90 Å². The van der Waals surface area contributed by atoms with Crippen LogP contribution in [-0.2, 0) is 0 Å². The molecule has 1 aliphatic rings. The van der Waals surface area contributed by atoms with E-state index in [4.69, 9.17) is 23.5 Å². The summed E-state index contributed by atoms with van der Waals surface area (Å²) in [4.78, 5) is 2.44. The molecule has 0 saturated carbocycles. The molecule has 19 heavy (non-hydrogen) atoms. The first kappa shape index (κ1) is 17.2. The van der Waals surface area contributed by atoms with Crippen LogP contribution >= 0.6 is 0 Å². The third-order valence-corrected chi connectivity index (χ3v) is 4.69. The zero-order chi connectivity index (χ0) is 14.5. The molecule has 1 heterocycles. The standard InChI is InChI=1S/C15H28B3N/c1-4-6-7-8-10-14(3,9-5-2)19-11-13(16)15(17,18)12-19/h13H,4-12H2,1-3H3. The maximum Gasteiger partial charge on any atom is 0.0705 e. The van der Waals surface area contributed by atoms with E-state index in [-0.39, 0.29) is 11.4 Å². The summed E-state index contributed by atoms with van der Waals surface area (Å²) in [7, 11) is 18.3. The molecule has 102 valence electrons. The number of rotatable bonds is 8. The predicted molar refractivity (Wildman–Crippen MR) is 87.4 cm³/mol. The number of hydrogen-bond acceptors (Lipinski definition) is 1. The van der Waals surface area contributed by atoms with Gasteiger partial charge in [0.05, 0.1) is 23.5 Å². The van der Waals surface area contributed by atoms with Gasteiger partial charge in [0, 0.05) is 5.54 Å². The maximum absolute atomic E-state index is 6.09. The van der Waals surface area contributed by atoms with E-state index in [0.717, 1.165) is 13.1 Å². The van der Waals surface area contributed by atoms with Crippen molar-refractivity contribution >= 4 is 23.5 Å². The molecule has 0 aliphatic carbocycles. The van der Waals surface area contributed by atoms with Crippen molar-refractivity contribution in [2.24, 2.45) is 0 Å². The molecule has 0 aromatic heterocycles. The second-order valence-corrected chi connectivity index (χ2v) is 6.66. The summed E-state index contributed by atoms with van der Waals surface area (Å²) >= 11 is 0. The highest BCUT2D eigenvalue weighted by Gasteiger charge is 2.42. The van der Waals surface area contributed by atoms with Crippen LogP contribution in [0.15, 0.2) is 0 Å². The lowest BCUT2D eigenvalue weighted by Gasteiger charge is -2.40. The van der Waals surface area contributed by atoms with Gasteiger partial charge in [-0.05, 0) is 32.9 Å². The second-order valence-electron chi connectivity index (χ2n) is 6.66. The Hall–Kier alpha value is 0.155. The molecule has 1 rings (SSSR count). The third-order valence-electron chi connectivity index (χ3n) is 4.69. The minimum atomic E-state index is -0.724. The van der Waals surface area contributed by atoms with Gasteiger partial charge >= 0.3 is 0 Å². The number of nitrogens with zero attached hydrogens (tertiary/aromatic N) is 1. The topological polar surface area (TPSA) is 3.24 Å². The fourth-order valence-electron chi connectivity index (χ4n) is 3.24. The summed E-state index contributed by atoms with van der Waals surface area (Å²) in [6, 6.07) is 0. The van der Waals surface area contributed by atoms with E-state index in [0.29, 0.717) is 0 Å². The quantitative estimate of drug-likeness (QED) is 0.475. The normalized spacial score (nSPS) is 26.4. The molecule has 1 aliphatic heterocycles.